The number of rotatable bonds is 21. The Morgan fingerprint density at radius 2 is 1.10 bits per heavy atom. The van der Waals surface area contributed by atoms with Gasteiger partial charge in [0.15, 0.2) is 0 Å². The van der Waals surface area contributed by atoms with Crippen molar-refractivity contribution in [3.63, 3.8) is 0 Å². The molecule has 0 saturated heterocycles. The molecule has 0 bridgehead atoms. The molecule has 0 aliphatic rings. The lowest BCUT2D eigenvalue weighted by atomic mass is 10.0. The van der Waals surface area contributed by atoms with Crippen LogP contribution < -0.4 is 12.4 Å². The lowest BCUT2D eigenvalue weighted by Crippen LogP contribution is -3.00. The molecule has 0 amide bonds. The molecule has 29 heavy (non-hydrogen) atoms. The van der Waals surface area contributed by atoms with E-state index in [0.717, 1.165) is 43.5 Å². The van der Waals surface area contributed by atoms with E-state index in [1.165, 1.54) is 83.5 Å². The molecule has 0 saturated carbocycles. The summed E-state index contributed by atoms with van der Waals surface area (Å²) in [5.41, 5.74) is 0. The number of halogens is 2. The van der Waals surface area contributed by atoms with Crippen molar-refractivity contribution >= 4 is 11.6 Å². The van der Waals surface area contributed by atoms with Crippen LogP contribution in [0.5, 0.6) is 0 Å². The topological polar surface area (TPSA) is 20.2 Å². The molecule has 1 N–H and O–H groups in total. The third-order valence-electron chi connectivity index (χ3n) is 6.53. The number of unbranched alkanes of at least 4 members (excludes halogenated alkanes) is 12. The highest BCUT2D eigenvalue weighted by molar-refractivity contribution is 6.20. The number of aliphatic hydroxyl groups is 1. The minimum absolute atomic E-state index is 0. The smallest absolute Gasteiger partial charge is 0.105 e. The Morgan fingerprint density at radius 3 is 1.48 bits per heavy atom. The van der Waals surface area contributed by atoms with Crippen LogP contribution in [0.4, 0.5) is 0 Å². The van der Waals surface area contributed by atoms with Crippen LogP contribution in [0.3, 0.4) is 0 Å². The van der Waals surface area contributed by atoms with Crippen molar-refractivity contribution in [2.24, 2.45) is 0 Å². The van der Waals surface area contributed by atoms with Gasteiger partial charge in [0.25, 0.3) is 0 Å². The van der Waals surface area contributed by atoms with Gasteiger partial charge in [-0.15, -0.1) is 11.6 Å². The van der Waals surface area contributed by atoms with Crippen molar-refractivity contribution in [3.8, 4) is 0 Å². The van der Waals surface area contributed by atoms with Crippen LogP contribution in [0.1, 0.15) is 124 Å². The first-order valence-electron chi connectivity index (χ1n) is 12.7. The maximum absolute atomic E-state index is 9.80. The first kappa shape index (κ1) is 31.7. The molecule has 0 aliphatic carbocycles. The van der Waals surface area contributed by atoms with E-state index in [9.17, 15) is 5.11 Å². The third-order valence-corrected chi connectivity index (χ3v) is 6.97. The van der Waals surface area contributed by atoms with E-state index >= 15 is 0 Å². The summed E-state index contributed by atoms with van der Waals surface area (Å²) in [5.74, 6) is 0. The highest BCUT2D eigenvalue weighted by Gasteiger charge is 2.26. The van der Waals surface area contributed by atoms with Crippen molar-refractivity contribution in [1.29, 1.82) is 0 Å². The SMILES string of the molecule is CCCCCCCCCCCCCCCC(Cl)CC[N+](CC)(CC)CC(C)O.[Cl-]. The first-order chi connectivity index (χ1) is 13.5. The molecular weight excluding hydrogens is 401 g/mol. The van der Waals surface area contributed by atoms with Gasteiger partial charge < -0.3 is 22.0 Å². The standard InChI is InChI=1S/C25H53ClNO.ClH/c1-5-8-9-10-11-12-13-14-15-16-17-18-19-20-25(26)21-22-27(6-2,7-3)23-24(4)28;/h24-25,28H,5-23H2,1-4H3;1H/q+1;/p-1. The fourth-order valence-electron chi connectivity index (χ4n) is 4.39. The van der Waals surface area contributed by atoms with Crippen LogP contribution in [-0.4, -0.2) is 47.2 Å². The summed E-state index contributed by atoms with van der Waals surface area (Å²) in [6, 6.07) is 0. The van der Waals surface area contributed by atoms with Crippen molar-refractivity contribution < 1.29 is 22.0 Å². The quantitative estimate of drug-likeness (QED) is 0.151. The summed E-state index contributed by atoms with van der Waals surface area (Å²) in [4.78, 5) is 0. The average Bonchev–Trinajstić information content (AvgIpc) is 2.68. The van der Waals surface area contributed by atoms with Gasteiger partial charge in [-0.1, -0.05) is 90.4 Å². The van der Waals surface area contributed by atoms with Crippen molar-refractivity contribution in [1.82, 2.24) is 0 Å². The van der Waals surface area contributed by atoms with Crippen molar-refractivity contribution in [3.05, 3.63) is 0 Å². The second kappa shape index (κ2) is 21.7. The minimum Gasteiger partial charge on any atom is -1.00 e. The summed E-state index contributed by atoms with van der Waals surface area (Å²) in [6.07, 6.45) is 20.3. The molecule has 4 heteroatoms. The zero-order chi connectivity index (χ0) is 21.1. The largest absolute Gasteiger partial charge is 1.00 e. The zero-order valence-corrected chi connectivity index (χ0v) is 21.8. The van der Waals surface area contributed by atoms with E-state index in [2.05, 4.69) is 20.8 Å². The third kappa shape index (κ3) is 18.9. The van der Waals surface area contributed by atoms with Crippen LogP contribution in [0.15, 0.2) is 0 Å². The summed E-state index contributed by atoms with van der Waals surface area (Å²) < 4.78 is 0.999. The Bertz CT molecular complexity index is 322. The van der Waals surface area contributed by atoms with Gasteiger partial charge in [0, 0.05) is 11.8 Å². The van der Waals surface area contributed by atoms with E-state index < -0.39 is 0 Å². The maximum atomic E-state index is 9.80. The highest BCUT2D eigenvalue weighted by atomic mass is 35.5. The predicted octanol–water partition coefficient (Wildman–Crippen LogP) is 4.71. The Morgan fingerprint density at radius 1 is 0.690 bits per heavy atom. The number of aliphatic hydroxyl groups excluding tert-OH is 1. The number of quaternary nitrogens is 1. The van der Waals surface area contributed by atoms with Gasteiger partial charge in [0.05, 0.1) is 19.6 Å². The van der Waals surface area contributed by atoms with E-state index in [1.54, 1.807) is 0 Å². The summed E-state index contributed by atoms with van der Waals surface area (Å²) in [5, 5.41) is 10.1. The summed E-state index contributed by atoms with van der Waals surface area (Å²) in [6.45, 7) is 12.8. The molecule has 0 radical (unpaired) electrons. The minimum atomic E-state index is -0.227. The second-order valence-electron chi connectivity index (χ2n) is 9.15. The zero-order valence-electron chi connectivity index (χ0n) is 20.2. The second-order valence-corrected chi connectivity index (χ2v) is 9.76. The van der Waals surface area contributed by atoms with Gasteiger partial charge in [-0.3, -0.25) is 0 Å². The molecule has 0 fully saturated rings. The number of alkyl halides is 1. The molecule has 2 unspecified atom stereocenters. The lowest BCUT2D eigenvalue weighted by molar-refractivity contribution is -0.927. The molecule has 0 aromatic heterocycles. The fourth-order valence-corrected chi connectivity index (χ4v) is 4.64. The van der Waals surface area contributed by atoms with E-state index in [-0.39, 0.29) is 18.5 Å². The highest BCUT2D eigenvalue weighted by Crippen LogP contribution is 2.19. The fraction of sp³-hybridized carbons (Fsp3) is 1.00. The van der Waals surface area contributed by atoms with Gasteiger partial charge in [-0.05, 0) is 27.2 Å². The van der Waals surface area contributed by atoms with E-state index in [1.807, 2.05) is 6.92 Å². The Balaban J connectivity index is 0. The monoisotopic (exact) mass is 453 g/mol. The lowest BCUT2D eigenvalue weighted by Gasteiger charge is -2.38. The van der Waals surface area contributed by atoms with Crippen LogP contribution in [-0.2, 0) is 0 Å². The Kier molecular flexibility index (Phi) is 23.7. The predicted molar refractivity (Wildman–Crippen MR) is 127 cm³/mol. The normalized spacial score (nSPS) is 13.9. The Hall–Kier alpha value is 0.500. The molecule has 0 aliphatic heterocycles. The van der Waals surface area contributed by atoms with Crippen LogP contribution in [0.25, 0.3) is 0 Å². The van der Waals surface area contributed by atoms with Crippen LogP contribution in [0.2, 0.25) is 0 Å². The molecule has 0 aromatic carbocycles. The number of nitrogens with zero attached hydrogens (tertiary/aromatic N) is 1. The van der Waals surface area contributed by atoms with Crippen molar-refractivity contribution in [2.75, 3.05) is 26.2 Å². The van der Waals surface area contributed by atoms with Gasteiger partial charge in [-0.2, -0.15) is 0 Å². The van der Waals surface area contributed by atoms with Crippen LogP contribution >= 0.6 is 11.6 Å². The Labute approximate surface area is 195 Å². The summed E-state index contributed by atoms with van der Waals surface area (Å²) >= 11 is 6.61. The molecule has 2 nitrogen and oxygen atoms in total. The number of likely N-dealkylation sites (N-methyl/N-ethyl adjacent to an activating group) is 1. The first-order valence-corrected chi connectivity index (χ1v) is 13.1. The number of hydrogen-bond donors (Lipinski definition) is 1. The maximum Gasteiger partial charge on any atom is 0.105 e. The van der Waals surface area contributed by atoms with Crippen LogP contribution in [0, 0.1) is 0 Å². The van der Waals surface area contributed by atoms with Gasteiger partial charge in [-0.25, -0.2) is 0 Å². The molecule has 0 heterocycles. The van der Waals surface area contributed by atoms with Crippen molar-refractivity contribution in [2.45, 2.75) is 135 Å². The molecule has 0 aromatic rings. The molecular formula is C25H53Cl2NO. The van der Waals surface area contributed by atoms with Gasteiger partial charge >= 0.3 is 0 Å². The number of hydrogen-bond acceptors (Lipinski definition) is 1. The molecule has 0 spiro atoms. The van der Waals surface area contributed by atoms with E-state index in [0.29, 0.717) is 5.38 Å². The van der Waals surface area contributed by atoms with E-state index in [4.69, 9.17) is 11.6 Å². The summed E-state index contributed by atoms with van der Waals surface area (Å²) in [7, 11) is 0. The molecule has 0 rings (SSSR count). The molecule has 178 valence electrons. The average molecular weight is 455 g/mol. The molecule has 2 atom stereocenters. The van der Waals surface area contributed by atoms with Gasteiger partial charge in [0.2, 0.25) is 0 Å². The van der Waals surface area contributed by atoms with Gasteiger partial charge in [0.1, 0.15) is 12.6 Å².